The molecule has 0 spiro atoms. The predicted octanol–water partition coefficient (Wildman–Crippen LogP) is 4.28. The number of nitrogens with one attached hydrogen (secondary N) is 1. The Morgan fingerprint density at radius 1 is 1.24 bits per heavy atom. The highest BCUT2D eigenvalue weighted by Crippen LogP contribution is 2.35. The Bertz CT molecular complexity index is 391. The number of nitrogens with two attached hydrogens (primary N) is 1. The van der Waals surface area contributed by atoms with Crippen molar-refractivity contribution in [3.8, 4) is 0 Å². The van der Waals surface area contributed by atoms with Gasteiger partial charge in [0.15, 0.2) is 0 Å². The molecule has 0 saturated heterocycles. The summed E-state index contributed by atoms with van der Waals surface area (Å²) in [4.78, 5) is 0. The first kappa shape index (κ1) is 19.6. The van der Waals surface area contributed by atoms with E-state index in [0.29, 0.717) is 19.4 Å². The SMILES string of the molecule is C=C(NC)C(CCN)CCC(F)(F)c1ccccc1.CC. The lowest BCUT2D eigenvalue weighted by Crippen LogP contribution is -2.22. The van der Waals surface area contributed by atoms with Crippen molar-refractivity contribution in [1.29, 1.82) is 0 Å². The molecule has 0 saturated carbocycles. The average Bonchev–Trinajstić information content (AvgIpc) is 2.53. The molecule has 3 N–H and O–H groups in total. The molecule has 1 atom stereocenters. The number of benzene rings is 1. The average molecular weight is 298 g/mol. The summed E-state index contributed by atoms with van der Waals surface area (Å²) in [6.07, 6.45) is 0.853. The van der Waals surface area contributed by atoms with Crippen LogP contribution in [0.15, 0.2) is 42.6 Å². The van der Waals surface area contributed by atoms with E-state index < -0.39 is 5.92 Å². The fourth-order valence-corrected chi connectivity index (χ4v) is 2.08. The third kappa shape index (κ3) is 6.71. The van der Waals surface area contributed by atoms with E-state index in [9.17, 15) is 8.78 Å². The van der Waals surface area contributed by atoms with Crippen LogP contribution in [0.3, 0.4) is 0 Å². The second kappa shape index (κ2) is 10.3. The van der Waals surface area contributed by atoms with E-state index in [4.69, 9.17) is 5.73 Å². The molecule has 0 fully saturated rings. The van der Waals surface area contributed by atoms with Crippen LogP contribution in [0.1, 0.15) is 38.7 Å². The number of hydrogen-bond acceptors (Lipinski definition) is 2. The van der Waals surface area contributed by atoms with Gasteiger partial charge in [-0.15, -0.1) is 0 Å². The second-order valence-corrected chi connectivity index (χ2v) is 4.66. The summed E-state index contributed by atoms with van der Waals surface area (Å²) in [5.74, 6) is -2.81. The molecule has 0 aliphatic heterocycles. The van der Waals surface area contributed by atoms with E-state index in [0.717, 1.165) is 5.70 Å². The first-order chi connectivity index (χ1) is 10.0. The van der Waals surface area contributed by atoms with Crippen LogP contribution in [-0.2, 0) is 5.92 Å². The van der Waals surface area contributed by atoms with Gasteiger partial charge in [0.2, 0.25) is 0 Å². The lowest BCUT2D eigenvalue weighted by molar-refractivity contribution is -0.0184. The Kier molecular flexibility index (Phi) is 9.63. The molecule has 1 aromatic carbocycles. The van der Waals surface area contributed by atoms with Crippen molar-refractivity contribution in [3.63, 3.8) is 0 Å². The van der Waals surface area contributed by atoms with Crippen molar-refractivity contribution < 1.29 is 8.78 Å². The third-order valence-corrected chi connectivity index (χ3v) is 3.33. The van der Waals surface area contributed by atoms with Crippen LogP contribution >= 0.6 is 0 Å². The number of allylic oxidation sites excluding steroid dienone is 1. The third-order valence-electron chi connectivity index (χ3n) is 3.33. The largest absolute Gasteiger partial charge is 0.392 e. The number of alkyl halides is 2. The predicted molar refractivity (Wildman–Crippen MR) is 86.3 cm³/mol. The first-order valence-electron chi connectivity index (χ1n) is 7.51. The maximum Gasteiger partial charge on any atom is 0.273 e. The maximum atomic E-state index is 14.0. The number of halogens is 2. The molecule has 0 bridgehead atoms. The van der Waals surface area contributed by atoms with Gasteiger partial charge in [-0.3, -0.25) is 0 Å². The van der Waals surface area contributed by atoms with Gasteiger partial charge in [0.25, 0.3) is 5.92 Å². The molecule has 1 aromatic rings. The first-order valence-corrected chi connectivity index (χ1v) is 7.51. The summed E-state index contributed by atoms with van der Waals surface area (Å²) >= 11 is 0. The topological polar surface area (TPSA) is 38.0 Å². The smallest absolute Gasteiger partial charge is 0.273 e. The normalized spacial score (nSPS) is 12.1. The van der Waals surface area contributed by atoms with Gasteiger partial charge in [-0.2, -0.15) is 0 Å². The molecule has 0 radical (unpaired) electrons. The van der Waals surface area contributed by atoms with Crippen LogP contribution in [0, 0.1) is 5.92 Å². The Labute approximate surface area is 127 Å². The van der Waals surface area contributed by atoms with Crippen molar-refractivity contribution in [2.24, 2.45) is 11.7 Å². The molecule has 21 heavy (non-hydrogen) atoms. The van der Waals surface area contributed by atoms with E-state index >= 15 is 0 Å². The Morgan fingerprint density at radius 3 is 2.29 bits per heavy atom. The van der Waals surface area contributed by atoms with Crippen LogP contribution < -0.4 is 11.1 Å². The Morgan fingerprint density at radius 2 is 1.81 bits per heavy atom. The molecule has 0 amide bonds. The van der Waals surface area contributed by atoms with Gasteiger partial charge in [0.05, 0.1) is 0 Å². The molecule has 0 heterocycles. The molecule has 120 valence electrons. The zero-order valence-electron chi connectivity index (χ0n) is 13.3. The zero-order chi connectivity index (χ0) is 16.3. The molecule has 1 unspecified atom stereocenters. The van der Waals surface area contributed by atoms with Gasteiger partial charge >= 0.3 is 0 Å². The van der Waals surface area contributed by atoms with Crippen molar-refractivity contribution in [3.05, 3.63) is 48.2 Å². The fourth-order valence-electron chi connectivity index (χ4n) is 2.08. The summed E-state index contributed by atoms with van der Waals surface area (Å²) in [5.41, 5.74) is 6.35. The fraction of sp³-hybridized carbons (Fsp3) is 0.529. The number of rotatable bonds is 8. The van der Waals surface area contributed by atoms with Gasteiger partial charge in [0, 0.05) is 24.7 Å². The monoisotopic (exact) mass is 298 g/mol. The van der Waals surface area contributed by atoms with Crippen LogP contribution in [0.5, 0.6) is 0 Å². The van der Waals surface area contributed by atoms with Gasteiger partial charge < -0.3 is 11.1 Å². The van der Waals surface area contributed by atoms with E-state index in [-0.39, 0.29) is 17.9 Å². The highest BCUT2D eigenvalue weighted by molar-refractivity contribution is 5.19. The second-order valence-electron chi connectivity index (χ2n) is 4.66. The minimum absolute atomic E-state index is 0.00964. The maximum absolute atomic E-state index is 14.0. The molecule has 2 nitrogen and oxygen atoms in total. The highest BCUT2D eigenvalue weighted by Gasteiger charge is 2.32. The Balaban J connectivity index is 0.00000191. The van der Waals surface area contributed by atoms with E-state index in [1.54, 1.807) is 25.2 Å². The number of hydrogen-bond donors (Lipinski definition) is 2. The van der Waals surface area contributed by atoms with Crippen molar-refractivity contribution >= 4 is 0 Å². The standard InChI is InChI=1S/C15H22F2N2.C2H6/c1-12(19-2)13(9-11-18)8-10-15(16,17)14-6-4-3-5-7-14;1-2/h3-7,13,19H,1,8-11,18H2,2H3;1-2H3. The summed E-state index contributed by atoms with van der Waals surface area (Å²) < 4.78 is 28.1. The molecule has 1 rings (SSSR count). The van der Waals surface area contributed by atoms with Gasteiger partial charge in [0.1, 0.15) is 0 Å². The van der Waals surface area contributed by atoms with E-state index in [1.165, 1.54) is 12.1 Å². The van der Waals surface area contributed by atoms with E-state index in [1.807, 2.05) is 13.8 Å². The molecular formula is C17H28F2N2. The Hall–Kier alpha value is -1.42. The molecule has 0 aromatic heterocycles. The summed E-state index contributed by atoms with van der Waals surface area (Å²) in [7, 11) is 1.75. The van der Waals surface area contributed by atoms with Gasteiger partial charge in [-0.25, -0.2) is 8.78 Å². The highest BCUT2D eigenvalue weighted by atomic mass is 19.3. The van der Waals surface area contributed by atoms with Gasteiger partial charge in [-0.1, -0.05) is 50.8 Å². The summed E-state index contributed by atoms with van der Waals surface area (Å²) in [6.45, 7) is 8.33. The summed E-state index contributed by atoms with van der Waals surface area (Å²) in [6, 6.07) is 7.93. The van der Waals surface area contributed by atoms with Crippen LogP contribution in [-0.4, -0.2) is 13.6 Å². The molecular weight excluding hydrogens is 270 g/mol. The summed E-state index contributed by atoms with van der Waals surface area (Å²) in [5, 5.41) is 2.93. The van der Waals surface area contributed by atoms with Crippen LogP contribution in [0.2, 0.25) is 0 Å². The van der Waals surface area contributed by atoms with Crippen molar-refractivity contribution in [2.75, 3.05) is 13.6 Å². The molecule has 4 heteroatoms. The lowest BCUT2D eigenvalue weighted by atomic mass is 9.92. The van der Waals surface area contributed by atoms with Crippen molar-refractivity contribution in [2.45, 2.75) is 39.0 Å². The van der Waals surface area contributed by atoms with E-state index in [2.05, 4.69) is 11.9 Å². The lowest BCUT2D eigenvalue weighted by Gasteiger charge is -2.22. The molecule has 0 aliphatic carbocycles. The van der Waals surface area contributed by atoms with Gasteiger partial charge in [-0.05, 0) is 25.3 Å². The van der Waals surface area contributed by atoms with Crippen LogP contribution in [0.25, 0.3) is 0 Å². The van der Waals surface area contributed by atoms with Crippen molar-refractivity contribution in [1.82, 2.24) is 5.32 Å². The minimum atomic E-state index is -2.80. The minimum Gasteiger partial charge on any atom is -0.392 e. The quantitative estimate of drug-likeness (QED) is 0.751. The molecule has 0 aliphatic rings. The van der Waals surface area contributed by atoms with Crippen LogP contribution in [0.4, 0.5) is 8.78 Å². The zero-order valence-corrected chi connectivity index (χ0v) is 13.3.